The number of carboxylic acid groups (broad SMARTS) is 1. The fourth-order valence-electron chi connectivity index (χ4n) is 14.3. The van der Waals surface area contributed by atoms with Gasteiger partial charge in [-0.3, -0.25) is 86.5 Å². The number of nitrogens with two attached hydrogens (primary N) is 7. The SMILES string of the molecule is CSCC[C@@H](NC(=O)[C@H]1CCCN1C(=O)[C@H](CCCCN)NC(=O)[C@H](Cc1ccccc1)NC(=O)[C@H](CO)NC(=O)[C@H](Cc1ccc(O)cc1)NC(=O)CNC(=O)CNC(=O)CNC(=O)[C@H](CCCCN)NC(=O)CNC(=O)[C@H](CCCCN)NC(=O)CNC(=O)[C@@H](N)CCCCN)C(=O)N1CCC[C@H]1C(=O)N[C@H](CC(C)C)C(=O)N[C@@H](C)C(=O)N[C@H](CCCN=C(N)N)C(=O)O. The first-order valence-electron chi connectivity index (χ1n) is 44.7. The molecule has 0 spiro atoms. The Morgan fingerprint density at radius 2 is 0.818 bits per heavy atom. The first kappa shape index (κ1) is 112. The predicted octanol–water partition coefficient (Wildman–Crippen LogP) is -7.62. The molecular formula is C85H139N25O21S. The van der Waals surface area contributed by atoms with E-state index in [1.807, 2.05) is 0 Å². The molecule has 2 aromatic rings. The molecule has 2 saturated heterocycles. The number of aliphatic imine (C=N–C) groups is 1. The molecule has 736 valence electrons. The van der Waals surface area contributed by atoms with E-state index in [2.05, 4.69) is 84.7 Å². The minimum atomic E-state index is -1.83. The number of aliphatic hydroxyl groups is 1. The van der Waals surface area contributed by atoms with Crippen molar-refractivity contribution in [3.8, 4) is 5.75 Å². The van der Waals surface area contributed by atoms with Crippen molar-refractivity contribution in [3.05, 3.63) is 65.7 Å². The van der Waals surface area contributed by atoms with E-state index >= 15 is 4.79 Å². The number of amides is 17. The Kier molecular flexibility index (Phi) is 52.5. The largest absolute Gasteiger partial charge is 0.508 e. The molecule has 2 fully saturated rings. The van der Waals surface area contributed by atoms with Gasteiger partial charge in [0, 0.05) is 32.5 Å². The minimum Gasteiger partial charge on any atom is -0.508 e. The van der Waals surface area contributed by atoms with Crippen LogP contribution in [0.2, 0.25) is 0 Å². The summed E-state index contributed by atoms with van der Waals surface area (Å²) in [4.78, 5) is 253. The molecule has 4 rings (SSSR count). The number of rotatable bonds is 63. The number of carbonyl (C=O) groups excluding carboxylic acids is 17. The Balaban J connectivity index is 1.43. The van der Waals surface area contributed by atoms with Crippen LogP contribution >= 0.6 is 11.8 Å². The summed E-state index contributed by atoms with van der Waals surface area (Å²) in [5, 5.41) is 68.4. The number of carbonyl (C=O) groups is 18. The number of nitrogens with one attached hydrogen (secondary N) is 15. The number of carboxylic acids is 1. The van der Waals surface area contributed by atoms with Crippen molar-refractivity contribution < 1.29 is 102 Å². The van der Waals surface area contributed by atoms with Gasteiger partial charge in [-0.05, 0) is 196 Å². The number of unbranched alkanes of at least 4 members (excludes halogenated alkanes) is 4. The lowest BCUT2D eigenvalue weighted by Gasteiger charge is -2.32. The van der Waals surface area contributed by atoms with Gasteiger partial charge in [-0.15, -0.1) is 0 Å². The van der Waals surface area contributed by atoms with Crippen LogP contribution in [-0.4, -0.2) is 313 Å². The Morgan fingerprint density at radius 1 is 0.424 bits per heavy atom. The first-order valence-corrected chi connectivity index (χ1v) is 46.1. The van der Waals surface area contributed by atoms with Crippen LogP contribution in [0.1, 0.15) is 160 Å². The number of benzene rings is 2. The number of guanidine groups is 1. The van der Waals surface area contributed by atoms with Crippen molar-refractivity contribution in [3.63, 3.8) is 0 Å². The quantitative estimate of drug-likeness (QED) is 0.0166. The molecule has 0 unspecified atom stereocenters. The maximum absolute atomic E-state index is 15.1. The van der Waals surface area contributed by atoms with E-state index in [-0.39, 0.29) is 121 Å². The average molecular weight is 1880 g/mol. The van der Waals surface area contributed by atoms with E-state index in [1.54, 1.807) is 50.4 Å². The summed E-state index contributed by atoms with van der Waals surface area (Å²) in [7, 11) is 0. The molecule has 0 aromatic heterocycles. The Labute approximate surface area is 772 Å². The molecule has 2 aliphatic heterocycles. The van der Waals surface area contributed by atoms with Gasteiger partial charge in [-0.1, -0.05) is 62.7 Å². The number of phenolic OH excluding ortho intramolecular Hbond substituents is 1. The van der Waals surface area contributed by atoms with Crippen molar-refractivity contribution in [2.24, 2.45) is 51.0 Å². The molecule has 13 atom stereocenters. The molecule has 47 heteroatoms. The third-order valence-electron chi connectivity index (χ3n) is 21.5. The highest BCUT2D eigenvalue weighted by Gasteiger charge is 2.44. The molecular weight excluding hydrogens is 1740 g/mol. The van der Waals surface area contributed by atoms with E-state index in [1.165, 1.54) is 52.8 Å². The van der Waals surface area contributed by atoms with Crippen molar-refractivity contribution in [1.29, 1.82) is 0 Å². The lowest BCUT2D eigenvalue weighted by Crippen LogP contribution is -2.61. The zero-order chi connectivity index (χ0) is 97.8. The van der Waals surface area contributed by atoms with Crippen molar-refractivity contribution >= 4 is 124 Å². The first-order chi connectivity index (χ1) is 63.0. The Bertz CT molecular complexity index is 4140. The summed E-state index contributed by atoms with van der Waals surface area (Å²) in [6.07, 6.45) is 6.82. The van der Waals surface area contributed by atoms with E-state index in [9.17, 15) is 96.8 Å². The molecule has 46 nitrogen and oxygen atoms in total. The number of aliphatic carboxylic acids is 1. The molecule has 32 N–H and O–H groups in total. The second-order valence-corrected chi connectivity index (χ2v) is 33.7. The monoisotopic (exact) mass is 1880 g/mol. The third-order valence-corrected chi connectivity index (χ3v) is 22.2. The van der Waals surface area contributed by atoms with Gasteiger partial charge in [0.2, 0.25) is 100 Å². The maximum atomic E-state index is 15.1. The van der Waals surface area contributed by atoms with E-state index < -0.39 is 224 Å². The van der Waals surface area contributed by atoms with Crippen LogP contribution in [0.25, 0.3) is 0 Å². The highest BCUT2D eigenvalue weighted by Crippen LogP contribution is 2.25. The Morgan fingerprint density at radius 3 is 1.30 bits per heavy atom. The number of hydrogen-bond donors (Lipinski definition) is 25. The van der Waals surface area contributed by atoms with Crippen LogP contribution in [0.15, 0.2) is 59.6 Å². The molecule has 132 heavy (non-hydrogen) atoms. The number of hydrogen-bond acceptors (Lipinski definition) is 27. The van der Waals surface area contributed by atoms with E-state index in [0.717, 1.165) is 0 Å². The summed E-state index contributed by atoms with van der Waals surface area (Å²) >= 11 is 1.38. The van der Waals surface area contributed by atoms with Crippen LogP contribution in [0.4, 0.5) is 0 Å². The van der Waals surface area contributed by atoms with Gasteiger partial charge in [0.15, 0.2) is 5.96 Å². The van der Waals surface area contributed by atoms with Gasteiger partial charge in [-0.25, -0.2) is 4.79 Å². The number of aromatic hydroxyl groups is 1. The third kappa shape index (κ3) is 42.1. The van der Waals surface area contributed by atoms with Crippen molar-refractivity contribution in [1.82, 2.24) is 89.6 Å². The number of aliphatic hydroxyl groups excluding tert-OH is 1. The normalized spacial score (nSPS) is 15.9. The molecule has 0 bridgehead atoms. The fourth-order valence-corrected chi connectivity index (χ4v) is 14.8. The minimum absolute atomic E-state index is 0.00954. The molecule has 2 aromatic carbocycles. The van der Waals surface area contributed by atoms with Gasteiger partial charge in [-0.2, -0.15) is 11.8 Å². The molecule has 0 radical (unpaired) electrons. The topological polar surface area (TPSA) is 749 Å². The predicted molar refractivity (Wildman–Crippen MR) is 488 cm³/mol. The average Bonchev–Trinajstić information content (AvgIpc) is 1.63. The van der Waals surface area contributed by atoms with Gasteiger partial charge in [0.25, 0.3) is 0 Å². The van der Waals surface area contributed by atoms with Crippen LogP contribution in [-0.2, 0) is 99.1 Å². The number of phenols is 1. The lowest BCUT2D eigenvalue weighted by molar-refractivity contribution is -0.145. The van der Waals surface area contributed by atoms with Gasteiger partial charge < -0.3 is 145 Å². The number of likely N-dealkylation sites (tertiary alicyclic amines) is 2. The van der Waals surface area contributed by atoms with E-state index in [0.29, 0.717) is 101 Å². The number of nitrogens with zero attached hydrogens (tertiary/aromatic N) is 3. The second-order valence-electron chi connectivity index (χ2n) is 32.7. The molecule has 2 heterocycles. The summed E-state index contributed by atoms with van der Waals surface area (Å²) in [5.74, 6) is -15.2. The van der Waals surface area contributed by atoms with Crippen LogP contribution in [0.5, 0.6) is 5.75 Å². The summed E-state index contributed by atoms with van der Waals surface area (Å²) < 4.78 is 0. The fraction of sp³-hybridized carbons (Fsp3) is 0.635. The van der Waals surface area contributed by atoms with Crippen LogP contribution in [0, 0.1) is 5.92 Å². The number of thioether (sulfide) groups is 1. The zero-order valence-corrected chi connectivity index (χ0v) is 76.5. The molecule has 0 aliphatic carbocycles. The van der Waals surface area contributed by atoms with Crippen LogP contribution in [0.3, 0.4) is 0 Å². The maximum Gasteiger partial charge on any atom is 0.326 e. The van der Waals surface area contributed by atoms with Gasteiger partial charge >= 0.3 is 5.97 Å². The standard InChI is InChI=1S/C85H139N25O21S/c1-50(2)41-61(76(122)99-51(3)72(118)105-60(84(130)131)25-16-37-93-85(91)92)107-81(127)66-27-18-39-110(66)83(129)59(32-40-132-4)104-80(126)65-26-17-38-109(65)82(128)58(24-11-15-36-89)103-78(124)63(42-52-19-6-5-7-20-52)106-79(125)64(49-111)108-77(123)62(43-53-28-30-54(112)31-29-53)102-69(115)46-95-67(113)44-94-68(114)45-97-74(120)56(22-9-13-34-87)101-71(117)48-98-75(121)57(23-10-14-35-88)100-70(116)47-96-73(119)55(90)21-8-12-33-86/h5-7,19-20,28-31,50-51,55-66,111-112H,8-18,21-27,32-49,86-90H2,1-4H3,(H,94,114)(H,95,113)(H,96,119)(H,97,120)(H,98,121)(H,99,122)(H,100,116)(H,101,117)(H,102,115)(H,103,124)(H,104,126)(H,105,118)(H,106,125)(H,107,127)(H,108,123)(H,130,131)(H4,91,92,93)/t51-,55-,56-,57-,58-,59+,60+,61+,62-,63-,64-,65+,66-/m0/s1. The molecule has 0 saturated carbocycles. The summed E-state index contributed by atoms with van der Waals surface area (Å²) in [6.45, 7) is 1.90. The molecule has 17 amide bonds. The summed E-state index contributed by atoms with van der Waals surface area (Å²) in [5.41, 5.74) is 40.2. The molecule has 2 aliphatic rings. The second kappa shape index (κ2) is 61.7. The van der Waals surface area contributed by atoms with E-state index in [4.69, 9.17) is 40.1 Å². The van der Waals surface area contributed by atoms with Gasteiger partial charge in [0.1, 0.15) is 78.3 Å². The van der Waals surface area contributed by atoms with Crippen molar-refractivity contribution in [2.75, 3.05) is 97.2 Å². The highest BCUT2D eigenvalue weighted by molar-refractivity contribution is 7.98. The Hall–Kier alpha value is -11.9. The smallest absolute Gasteiger partial charge is 0.326 e. The van der Waals surface area contributed by atoms with Gasteiger partial charge in [0.05, 0.1) is 45.4 Å². The lowest BCUT2D eigenvalue weighted by atomic mass is 10.0. The highest BCUT2D eigenvalue weighted by atomic mass is 32.2. The van der Waals surface area contributed by atoms with Crippen LogP contribution < -0.4 is 120 Å². The van der Waals surface area contributed by atoms with Crippen molar-refractivity contribution in [2.45, 2.75) is 241 Å². The summed E-state index contributed by atoms with van der Waals surface area (Å²) in [6, 6.07) is -3.04. The zero-order valence-electron chi connectivity index (χ0n) is 75.7.